The number of hydrogen-bond donors (Lipinski definition) is 2. The third kappa shape index (κ3) is 5.24. The molecule has 2 heterocycles. The molecular weight excluding hydrogens is 439 g/mol. The Morgan fingerprint density at radius 1 is 1.06 bits per heavy atom. The van der Waals surface area contributed by atoms with Gasteiger partial charge in [0.25, 0.3) is 0 Å². The molecule has 1 aromatic heterocycles. The Balaban J connectivity index is 0.00000149. The number of aromatic amines is 1. The molecule has 11 heteroatoms. The molecule has 1 fully saturated rings. The molecule has 0 unspecified atom stereocenters. The minimum Gasteiger partial charge on any atom is -0.368 e. The zero-order valence-electron chi connectivity index (χ0n) is 18.6. The van der Waals surface area contributed by atoms with Crippen molar-refractivity contribution < 1.29 is 22.9 Å². The first-order valence-corrected chi connectivity index (χ1v) is 10.6. The second-order valence-corrected chi connectivity index (χ2v) is 7.21. The summed E-state index contributed by atoms with van der Waals surface area (Å²) in [5, 5.41) is 0. The third-order valence-corrected chi connectivity index (χ3v) is 5.22. The highest BCUT2D eigenvalue weighted by Gasteiger charge is 2.31. The van der Waals surface area contributed by atoms with Gasteiger partial charge in [-0.05, 0) is 36.8 Å². The summed E-state index contributed by atoms with van der Waals surface area (Å²) >= 11 is 0. The number of carbonyl (C=O) groups excluding carboxylic acids is 1. The summed E-state index contributed by atoms with van der Waals surface area (Å²) in [6.07, 6.45) is -4.41. The molecule has 2 N–H and O–H groups in total. The summed E-state index contributed by atoms with van der Waals surface area (Å²) < 4.78 is 39.8. The lowest BCUT2D eigenvalue weighted by atomic mass is 10.1. The number of nitrogens with one attached hydrogen (secondary N) is 2. The van der Waals surface area contributed by atoms with Crippen molar-refractivity contribution in [1.82, 2.24) is 20.1 Å². The van der Waals surface area contributed by atoms with Crippen LogP contribution in [0.15, 0.2) is 47.3 Å². The number of anilines is 1. The van der Waals surface area contributed by atoms with Crippen LogP contribution in [-0.4, -0.2) is 46.8 Å². The van der Waals surface area contributed by atoms with Gasteiger partial charge in [-0.25, -0.2) is 9.59 Å². The van der Waals surface area contributed by atoms with Crippen molar-refractivity contribution in [1.29, 1.82) is 0 Å². The van der Waals surface area contributed by atoms with E-state index in [2.05, 4.69) is 10.5 Å². The molecule has 8 nitrogen and oxygen atoms in total. The van der Waals surface area contributed by atoms with Gasteiger partial charge in [0.15, 0.2) is 0 Å². The maximum Gasteiger partial charge on any atom is 0.416 e. The Hall–Kier alpha value is -3.63. The summed E-state index contributed by atoms with van der Waals surface area (Å²) in [6.45, 7) is 7.13. The van der Waals surface area contributed by atoms with Crippen molar-refractivity contribution in [2.24, 2.45) is 0 Å². The molecule has 3 aromatic rings. The fourth-order valence-electron chi connectivity index (χ4n) is 3.54. The van der Waals surface area contributed by atoms with Gasteiger partial charge < -0.3 is 14.8 Å². The first-order chi connectivity index (χ1) is 15.7. The number of piperazine rings is 1. The number of H-pyrrole nitrogens is 1. The van der Waals surface area contributed by atoms with E-state index in [0.717, 1.165) is 22.4 Å². The number of urea groups is 1. The molecule has 0 saturated carbocycles. The Labute approximate surface area is 188 Å². The molecule has 0 atom stereocenters. The van der Waals surface area contributed by atoms with Crippen molar-refractivity contribution in [2.75, 3.05) is 31.1 Å². The molecule has 2 aromatic carbocycles. The molecule has 0 aliphatic carbocycles. The van der Waals surface area contributed by atoms with Gasteiger partial charge in [0.1, 0.15) is 5.52 Å². The lowest BCUT2D eigenvalue weighted by Gasteiger charge is -2.35. The van der Waals surface area contributed by atoms with E-state index in [1.165, 1.54) is 11.0 Å². The van der Waals surface area contributed by atoms with Gasteiger partial charge in [-0.1, -0.05) is 36.8 Å². The fraction of sp³-hybridized carbons (Fsp3) is 0.364. The van der Waals surface area contributed by atoms with Gasteiger partial charge in [0.05, 0.1) is 11.1 Å². The predicted molar refractivity (Wildman–Crippen MR) is 119 cm³/mol. The number of benzene rings is 2. The normalized spacial score (nSPS) is 14.0. The molecule has 2 amide bonds. The van der Waals surface area contributed by atoms with Crippen LogP contribution in [0.1, 0.15) is 25.0 Å². The second kappa shape index (κ2) is 9.88. The summed E-state index contributed by atoms with van der Waals surface area (Å²) in [7, 11) is 0. The van der Waals surface area contributed by atoms with Gasteiger partial charge in [-0.15, -0.1) is 5.48 Å². The molecule has 1 aliphatic heterocycles. The van der Waals surface area contributed by atoms with Crippen LogP contribution in [0, 0.1) is 6.92 Å². The van der Waals surface area contributed by atoms with E-state index in [0.29, 0.717) is 29.8 Å². The van der Waals surface area contributed by atoms with Crippen LogP contribution in [-0.2, 0) is 6.18 Å². The van der Waals surface area contributed by atoms with E-state index in [1.807, 2.05) is 26.8 Å². The van der Waals surface area contributed by atoms with Gasteiger partial charge in [-0.3, -0.25) is 4.94 Å². The zero-order valence-corrected chi connectivity index (χ0v) is 18.6. The number of nitrogens with zero attached hydrogens (tertiary/aromatic N) is 3. The summed E-state index contributed by atoms with van der Waals surface area (Å²) in [4.78, 5) is 35.7. The Kier molecular flexibility index (Phi) is 7.19. The van der Waals surface area contributed by atoms with E-state index in [4.69, 9.17) is 4.94 Å². The van der Waals surface area contributed by atoms with Crippen LogP contribution >= 0.6 is 0 Å². The van der Waals surface area contributed by atoms with E-state index in [-0.39, 0.29) is 13.1 Å². The Morgan fingerprint density at radius 2 is 1.73 bits per heavy atom. The number of amides is 2. The monoisotopic (exact) mass is 465 g/mol. The SMILES string of the molecule is CC.Cc1cccc2c1[nH]c(=O)n2ONC(=O)N1CCN(c2cccc(C(F)(F)F)c2)CC1. The molecule has 33 heavy (non-hydrogen) atoms. The van der Waals surface area contributed by atoms with E-state index in [1.54, 1.807) is 23.1 Å². The van der Waals surface area contributed by atoms with Crippen molar-refractivity contribution in [3.8, 4) is 0 Å². The largest absolute Gasteiger partial charge is 0.416 e. The number of alkyl halides is 3. The molecule has 0 spiro atoms. The number of rotatable bonds is 3. The molecule has 1 aliphatic rings. The standard InChI is InChI=1S/C20H20F3N5O3.C2H6/c1-13-4-2-7-16-17(13)24-18(29)28(16)31-25-19(30)27-10-8-26(9-11-27)15-6-3-5-14(12-15)20(21,22)23;1-2/h2-7,12H,8-11H2,1H3,(H,24,29)(H,25,30);1-2H3. The van der Waals surface area contributed by atoms with Crippen molar-refractivity contribution in [3.05, 3.63) is 64.1 Å². The molecule has 178 valence electrons. The van der Waals surface area contributed by atoms with Crippen LogP contribution in [0.3, 0.4) is 0 Å². The van der Waals surface area contributed by atoms with Crippen molar-refractivity contribution in [3.63, 3.8) is 0 Å². The van der Waals surface area contributed by atoms with E-state index >= 15 is 0 Å². The number of imidazole rings is 1. The summed E-state index contributed by atoms with van der Waals surface area (Å²) in [5.41, 5.74) is 3.41. The quantitative estimate of drug-likeness (QED) is 0.580. The van der Waals surface area contributed by atoms with Crippen molar-refractivity contribution >= 4 is 22.8 Å². The highest BCUT2D eigenvalue weighted by molar-refractivity contribution is 5.78. The van der Waals surface area contributed by atoms with Crippen LogP contribution in [0.5, 0.6) is 0 Å². The van der Waals surface area contributed by atoms with Crippen molar-refractivity contribution in [2.45, 2.75) is 26.9 Å². The van der Waals surface area contributed by atoms with E-state index < -0.39 is 23.5 Å². The Bertz CT molecular complexity index is 1160. The van der Waals surface area contributed by atoms with Gasteiger partial charge in [0, 0.05) is 31.9 Å². The van der Waals surface area contributed by atoms with Gasteiger partial charge in [-0.2, -0.15) is 13.2 Å². The zero-order chi connectivity index (χ0) is 24.2. The summed E-state index contributed by atoms with van der Waals surface area (Å²) in [6, 6.07) is 9.84. The third-order valence-electron chi connectivity index (χ3n) is 5.22. The maximum atomic E-state index is 12.9. The minimum atomic E-state index is -4.41. The number of hydroxylamine groups is 1. The van der Waals surface area contributed by atoms with E-state index in [9.17, 15) is 22.8 Å². The lowest BCUT2D eigenvalue weighted by molar-refractivity contribution is -0.137. The first kappa shape index (κ1) is 24.0. The predicted octanol–water partition coefficient (Wildman–Crippen LogP) is 3.56. The lowest BCUT2D eigenvalue weighted by Crippen LogP contribution is -2.53. The molecule has 0 radical (unpaired) electrons. The average molecular weight is 465 g/mol. The van der Waals surface area contributed by atoms with Gasteiger partial charge >= 0.3 is 17.9 Å². The second-order valence-electron chi connectivity index (χ2n) is 7.21. The Morgan fingerprint density at radius 3 is 2.39 bits per heavy atom. The average Bonchev–Trinajstić information content (AvgIpc) is 3.15. The van der Waals surface area contributed by atoms with Crippen LogP contribution in [0.25, 0.3) is 11.0 Å². The number of aromatic nitrogens is 2. The topological polar surface area (TPSA) is 82.6 Å². The number of halogens is 3. The van der Waals surface area contributed by atoms with Crippen LogP contribution in [0.4, 0.5) is 23.7 Å². The first-order valence-electron chi connectivity index (χ1n) is 10.6. The molecular formula is C22H26F3N5O3. The van der Waals surface area contributed by atoms with Crippen LogP contribution < -0.4 is 21.0 Å². The number of carbonyl (C=O) groups is 1. The fourth-order valence-corrected chi connectivity index (χ4v) is 3.54. The molecule has 1 saturated heterocycles. The smallest absolute Gasteiger partial charge is 0.368 e. The molecule has 0 bridgehead atoms. The number of aryl methyl sites for hydroxylation is 1. The van der Waals surface area contributed by atoms with Gasteiger partial charge in [0.2, 0.25) is 0 Å². The molecule has 4 rings (SSSR count). The number of para-hydroxylation sites is 1. The number of hydrogen-bond acceptors (Lipinski definition) is 4. The van der Waals surface area contributed by atoms with Crippen LogP contribution in [0.2, 0.25) is 0 Å². The summed E-state index contributed by atoms with van der Waals surface area (Å²) in [5.74, 6) is 0. The highest BCUT2D eigenvalue weighted by atomic mass is 19.4. The maximum absolute atomic E-state index is 12.9. The number of fused-ring (bicyclic) bond motifs is 1. The minimum absolute atomic E-state index is 0.285. The highest BCUT2D eigenvalue weighted by Crippen LogP contribution is 2.31.